The normalized spacial score (nSPS) is 12.7. The van der Waals surface area contributed by atoms with E-state index in [0.29, 0.717) is 10.8 Å². The summed E-state index contributed by atoms with van der Waals surface area (Å²) in [5, 5.41) is 10.3. The highest BCUT2D eigenvalue weighted by Gasteiger charge is 2.22. The molecule has 3 aromatic rings. The molecule has 8 nitrogen and oxygen atoms in total. The predicted octanol–water partition coefficient (Wildman–Crippen LogP) is 3.08. The Morgan fingerprint density at radius 3 is 2.61 bits per heavy atom. The largest absolute Gasteiger partial charge is 0.325 e. The van der Waals surface area contributed by atoms with Crippen LogP contribution in [0.3, 0.4) is 0 Å². The summed E-state index contributed by atoms with van der Waals surface area (Å²) in [6.07, 6.45) is 1.38. The lowest BCUT2D eigenvalue weighted by atomic mass is 10.2. The average Bonchev–Trinajstić information content (AvgIpc) is 3.17. The van der Waals surface area contributed by atoms with Gasteiger partial charge in [-0.25, -0.2) is 17.1 Å². The van der Waals surface area contributed by atoms with Crippen LogP contribution < -0.4 is 5.32 Å². The molecule has 0 radical (unpaired) electrons. The van der Waals surface area contributed by atoms with Gasteiger partial charge in [-0.2, -0.15) is 0 Å². The highest BCUT2D eigenvalue weighted by Crippen LogP contribution is 2.27. The van der Waals surface area contributed by atoms with Crippen LogP contribution in [0.5, 0.6) is 0 Å². The van der Waals surface area contributed by atoms with Gasteiger partial charge < -0.3 is 5.32 Å². The smallest absolute Gasteiger partial charge is 0.242 e. The van der Waals surface area contributed by atoms with E-state index < -0.39 is 21.1 Å². The van der Waals surface area contributed by atoms with Gasteiger partial charge in [-0.05, 0) is 43.7 Å². The third kappa shape index (κ3) is 4.94. The van der Waals surface area contributed by atoms with Gasteiger partial charge in [0.1, 0.15) is 12.1 Å². The Morgan fingerprint density at radius 1 is 1.23 bits per heavy atom. The number of aryl methyl sites for hydroxylation is 1. The molecule has 0 aliphatic heterocycles. The number of thioether (sulfide) groups is 1. The molecular formula is C20H22FN5O3S2. The summed E-state index contributed by atoms with van der Waals surface area (Å²) in [7, 11) is -0.749. The minimum absolute atomic E-state index is 0.0815. The Bertz CT molecular complexity index is 1210. The molecular weight excluding hydrogens is 441 g/mol. The van der Waals surface area contributed by atoms with E-state index in [1.165, 1.54) is 43.2 Å². The van der Waals surface area contributed by atoms with Gasteiger partial charge in [0, 0.05) is 19.8 Å². The SMILES string of the molecule is Cc1ccc(S(=O)(=O)N(C)C)cc1NC(=O)[C@@H](C)Sc1nncn1-c1ccccc1F. The number of amides is 1. The highest BCUT2D eigenvalue weighted by molar-refractivity contribution is 8.00. The molecule has 0 unspecified atom stereocenters. The topological polar surface area (TPSA) is 97.2 Å². The van der Waals surface area contributed by atoms with Crippen LogP contribution in [-0.2, 0) is 14.8 Å². The molecule has 0 fully saturated rings. The molecule has 31 heavy (non-hydrogen) atoms. The van der Waals surface area contributed by atoms with Crippen LogP contribution in [0.4, 0.5) is 10.1 Å². The van der Waals surface area contributed by atoms with Crippen molar-refractivity contribution in [1.82, 2.24) is 19.1 Å². The number of benzene rings is 2. The van der Waals surface area contributed by atoms with Gasteiger partial charge in [0.25, 0.3) is 0 Å². The van der Waals surface area contributed by atoms with E-state index in [9.17, 15) is 17.6 Å². The molecule has 0 saturated heterocycles. The molecule has 164 valence electrons. The second kappa shape index (κ2) is 9.16. The number of aromatic nitrogens is 3. The molecule has 0 spiro atoms. The fourth-order valence-electron chi connectivity index (χ4n) is 2.67. The van der Waals surface area contributed by atoms with Crippen LogP contribution in [0.1, 0.15) is 12.5 Å². The summed E-state index contributed by atoms with van der Waals surface area (Å²) in [6.45, 7) is 3.45. The summed E-state index contributed by atoms with van der Waals surface area (Å²) in [5.74, 6) is -0.786. The summed E-state index contributed by atoms with van der Waals surface area (Å²) < 4.78 is 41.5. The first-order chi connectivity index (χ1) is 14.6. The van der Waals surface area contributed by atoms with Crippen LogP contribution in [0, 0.1) is 12.7 Å². The quantitative estimate of drug-likeness (QED) is 0.541. The van der Waals surface area contributed by atoms with E-state index in [1.807, 2.05) is 0 Å². The molecule has 1 N–H and O–H groups in total. The Hall–Kier alpha value is -2.76. The number of hydrogen-bond acceptors (Lipinski definition) is 6. The van der Waals surface area contributed by atoms with Gasteiger partial charge in [0.2, 0.25) is 15.9 Å². The molecule has 11 heteroatoms. The number of nitrogens with zero attached hydrogens (tertiary/aromatic N) is 4. The third-order valence-corrected chi connectivity index (χ3v) is 7.39. The van der Waals surface area contributed by atoms with Gasteiger partial charge in [-0.3, -0.25) is 9.36 Å². The third-order valence-electron chi connectivity index (χ3n) is 4.53. The molecule has 1 heterocycles. The number of rotatable bonds is 7. The van der Waals surface area contributed by atoms with Crippen LogP contribution in [0.2, 0.25) is 0 Å². The maximum atomic E-state index is 14.1. The number of nitrogens with one attached hydrogen (secondary N) is 1. The van der Waals surface area contributed by atoms with Gasteiger partial charge in [-0.15, -0.1) is 10.2 Å². The number of carbonyl (C=O) groups is 1. The van der Waals surface area contributed by atoms with E-state index in [0.717, 1.165) is 21.6 Å². The lowest BCUT2D eigenvalue weighted by Crippen LogP contribution is -2.25. The summed E-state index contributed by atoms with van der Waals surface area (Å²) in [6, 6.07) is 10.8. The first-order valence-corrected chi connectivity index (χ1v) is 11.6. The maximum absolute atomic E-state index is 14.1. The second-order valence-electron chi connectivity index (χ2n) is 6.95. The number of para-hydroxylation sites is 1. The number of hydrogen-bond donors (Lipinski definition) is 1. The van der Waals surface area contributed by atoms with Crippen molar-refractivity contribution in [2.45, 2.75) is 29.1 Å². The number of carbonyl (C=O) groups excluding carboxylic acids is 1. The number of sulfonamides is 1. The van der Waals surface area contributed by atoms with Crippen molar-refractivity contribution in [2.75, 3.05) is 19.4 Å². The Morgan fingerprint density at radius 2 is 1.94 bits per heavy atom. The monoisotopic (exact) mass is 463 g/mol. The van der Waals surface area contributed by atoms with Crippen molar-refractivity contribution in [3.05, 3.63) is 60.2 Å². The van der Waals surface area contributed by atoms with Gasteiger partial charge in [0.05, 0.1) is 15.8 Å². The van der Waals surface area contributed by atoms with Crippen molar-refractivity contribution in [3.63, 3.8) is 0 Å². The standard InChI is InChI=1S/C20H22FN5O3S2/c1-13-9-10-15(31(28,29)25(3)4)11-17(13)23-19(27)14(2)30-20-24-22-12-26(20)18-8-6-5-7-16(18)21/h5-12,14H,1-4H3,(H,23,27)/t14-/m1/s1. The summed E-state index contributed by atoms with van der Waals surface area (Å²) >= 11 is 1.11. The fourth-order valence-corrected chi connectivity index (χ4v) is 4.43. The maximum Gasteiger partial charge on any atom is 0.242 e. The van der Waals surface area contributed by atoms with E-state index in [4.69, 9.17) is 0 Å². The van der Waals surface area contributed by atoms with Crippen molar-refractivity contribution in [3.8, 4) is 5.69 Å². The van der Waals surface area contributed by atoms with Crippen molar-refractivity contribution >= 4 is 33.4 Å². The average molecular weight is 464 g/mol. The second-order valence-corrected chi connectivity index (χ2v) is 10.4. The number of anilines is 1. The van der Waals surface area contributed by atoms with Crippen molar-refractivity contribution in [1.29, 1.82) is 0 Å². The van der Waals surface area contributed by atoms with Gasteiger partial charge >= 0.3 is 0 Å². The Labute approximate surface area is 184 Å². The summed E-state index contributed by atoms with van der Waals surface area (Å²) in [4.78, 5) is 12.9. The molecule has 0 bridgehead atoms. The zero-order valence-corrected chi connectivity index (χ0v) is 19.0. The van der Waals surface area contributed by atoms with Gasteiger partial charge in [-0.1, -0.05) is 30.0 Å². The van der Waals surface area contributed by atoms with Crippen LogP contribution in [0.25, 0.3) is 5.69 Å². The zero-order valence-electron chi connectivity index (χ0n) is 17.4. The molecule has 1 atom stereocenters. The van der Waals surface area contributed by atoms with Crippen LogP contribution in [-0.4, -0.2) is 52.7 Å². The predicted molar refractivity (Wildman–Crippen MR) is 117 cm³/mol. The molecule has 2 aromatic carbocycles. The first kappa shape index (κ1) is 22.9. The lowest BCUT2D eigenvalue weighted by Gasteiger charge is -2.16. The van der Waals surface area contributed by atoms with E-state index in [1.54, 1.807) is 38.1 Å². The minimum Gasteiger partial charge on any atom is -0.325 e. The number of halogens is 1. The molecule has 0 saturated carbocycles. The first-order valence-electron chi connectivity index (χ1n) is 9.27. The van der Waals surface area contributed by atoms with Gasteiger partial charge in [0.15, 0.2) is 5.16 Å². The Kier molecular flexibility index (Phi) is 6.77. The molecule has 0 aliphatic rings. The highest BCUT2D eigenvalue weighted by atomic mass is 32.2. The van der Waals surface area contributed by atoms with E-state index in [-0.39, 0.29) is 16.5 Å². The van der Waals surface area contributed by atoms with Crippen LogP contribution >= 0.6 is 11.8 Å². The minimum atomic E-state index is -3.63. The molecule has 0 aliphatic carbocycles. The summed E-state index contributed by atoms with van der Waals surface area (Å²) in [5.41, 5.74) is 1.40. The van der Waals surface area contributed by atoms with Crippen LogP contribution in [0.15, 0.2) is 58.8 Å². The van der Waals surface area contributed by atoms with Crippen molar-refractivity contribution in [2.24, 2.45) is 0 Å². The molecule has 3 rings (SSSR count). The lowest BCUT2D eigenvalue weighted by molar-refractivity contribution is -0.115. The Balaban J connectivity index is 1.79. The van der Waals surface area contributed by atoms with E-state index in [2.05, 4.69) is 15.5 Å². The zero-order chi connectivity index (χ0) is 22.8. The van der Waals surface area contributed by atoms with E-state index >= 15 is 0 Å². The fraction of sp³-hybridized carbons (Fsp3) is 0.250. The molecule has 1 amide bonds. The van der Waals surface area contributed by atoms with Crippen molar-refractivity contribution < 1.29 is 17.6 Å². The molecule has 1 aromatic heterocycles.